The molecule has 0 aromatic heterocycles. The number of unbranched alkanes of at least 4 members (excludes halogenated alkanes) is 1. The molecule has 2 atom stereocenters. The number of carboxylic acid groups (broad SMARTS) is 1. The maximum absolute atomic E-state index is 11.0. The number of thioether (sulfide) groups is 1. The molecule has 1 aromatic carbocycles. The normalized spacial score (nSPS) is 22.8. The molecule has 2 rings (SSSR count). The van der Waals surface area contributed by atoms with Gasteiger partial charge < -0.3 is 15.2 Å². The van der Waals surface area contributed by atoms with E-state index in [2.05, 4.69) is 45.1 Å². The highest BCUT2D eigenvalue weighted by Gasteiger charge is 2.37. The lowest BCUT2D eigenvalue weighted by molar-refractivity contribution is -0.136. The third-order valence-electron chi connectivity index (χ3n) is 5.56. The van der Waals surface area contributed by atoms with Gasteiger partial charge in [0, 0.05) is 28.6 Å². The monoisotopic (exact) mass is 379 g/mol. The van der Waals surface area contributed by atoms with Gasteiger partial charge in [-0.3, -0.25) is 4.79 Å². The highest BCUT2D eigenvalue weighted by Crippen LogP contribution is 2.42. The Hall–Kier alpha value is -1.20. The summed E-state index contributed by atoms with van der Waals surface area (Å²) >= 11 is 1.90. The summed E-state index contributed by atoms with van der Waals surface area (Å²) in [7, 11) is 1.66. The Kier molecular flexibility index (Phi) is 7.42. The van der Waals surface area contributed by atoms with Crippen molar-refractivity contribution in [2.75, 3.05) is 12.9 Å². The van der Waals surface area contributed by atoms with Crippen molar-refractivity contribution in [2.24, 2.45) is 5.92 Å². The number of carboxylic acids is 1. The molecule has 26 heavy (non-hydrogen) atoms. The smallest absolute Gasteiger partial charge is 0.303 e. The van der Waals surface area contributed by atoms with Crippen molar-refractivity contribution in [2.45, 2.75) is 76.3 Å². The summed E-state index contributed by atoms with van der Waals surface area (Å²) in [6.07, 6.45) is 4.23. The van der Waals surface area contributed by atoms with E-state index in [-0.39, 0.29) is 18.0 Å². The second kappa shape index (κ2) is 9.14. The molecule has 1 heterocycles. The van der Waals surface area contributed by atoms with Crippen LogP contribution in [-0.2, 0) is 11.2 Å². The molecular weight excluding hydrogens is 346 g/mol. The summed E-state index contributed by atoms with van der Waals surface area (Å²) in [5, 5.41) is 13.0. The van der Waals surface area contributed by atoms with Gasteiger partial charge >= 0.3 is 5.97 Å². The van der Waals surface area contributed by atoms with Crippen molar-refractivity contribution < 1.29 is 14.6 Å². The number of rotatable bonds is 8. The Labute approximate surface area is 162 Å². The van der Waals surface area contributed by atoms with Gasteiger partial charge in [0.05, 0.1) is 7.11 Å². The summed E-state index contributed by atoms with van der Waals surface area (Å²) in [5.74, 6) is 1.60. The third-order valence-corrected chi connectivity index (χ3v) is 6.88. The maximum Gasteiger partial charge on any atom is 0.303 e. The van der Waals surface area contributed by atoms with Crippen LogP contribution in [0.5, 0.6) is 5.75 Å². The Morgan fingerprint density at radius 2 is 2.19 bits per heavy atom. The molecule has 1 aliphatic heterocycles. The Balaban J connectivity index is 2.35. The predicted molar refractivity (Wildman–Crippen MR) is 108 cm³/mol. The molecule has 1 aliphatic rings. The molecular formula is C21H33NO3S. The van der Waals surface area contributed by atoms with Gasteiger partial charge in [0.15, 0.2) is 0 Å². The second-order valence-electron chi connectivity index (χ2n) is 7.66. The fourth-order valence-corrected chi connectivity index (χ4v) is 5.33. The van der Waals surface area contributed by atoms with E-state index in [1.807, 2.05) is 11.8 Å². The van der Waals surface area contributed by atoms with E-state index in [0.29, 0.717) is 12.3 Å². The fraction of sp³-hybridized carbons (Fsp3) is 0.667. The van der Waals surface area contributed by atoms with E-state index in [1.54, 1.807) is 7.11 Å². The minimum Gasteiger partial charge on any atom is -0.496 e. The lowest BCUT2D eigenvalue weighted by Crippen LogP contribution is -2.52. The first-order chi connectivity index (χ1) is 12.3. The van der Waals surface area contributed by atoms with Crippen LogP contribution in [-0.4, -0.2) is 29.5 Å². The van der Waals surface area contributed by atoms with Crippen molar-refractivity contribution in [1.29, 1.82) is 0 Å². The average Bonchev–Trinajstić information content (AvgIpc) is 2.74. The summed E-state index contributed by atoms with van der Waals surface area (Å²) in [5.41, 5.74) is 2.36. The highest BCUT2D eigenvalue weighted by atomic mass is 32.2. The minimum atomic E-state index is -0.775. The van der Waals surface area contributed by atoms with Crippen LogP contribution in [0.2, 0.25) is 0 Å². The second-order valence-corrected chi connectivity index (χ2v) is 8.68. The number of hydrogen-bond donors (Lipinski definition) is 2. The van der Waals surface area contributed by atoms with E-state index < -0.39 is 5.97 Å². The molecule has 0 saturated heterocycles. The molecule has 5 heteroatoms. The first-order valence-electron chi connectivity index (χ1n) is 9.66. The quantitative estimate of drug-likeness (QED) is 0.661. The Bertz CT molecular complexity index is 632. The largest absolute Gasteiger partial charge is 0.496 e. The van der Waals surface area contributed by atoms with Crippen LogP contribution in [0.25, 0.3) is 0 Å². The van der Waals surface area contributed by atoms with Crippen molar-refractivity contribution >= 4 is 17.7 Å². The van der Waals surface area contributed by atoms with E-state index in [0.717, 1.165) is 17.1 Å². The van der Waals surface area contributed by atoms with Crippen LogP contribution in [0.15, 0.2) is 17.0 Å². The SMILES string of the molecule is CCCC[C@]1(C(C)C)CSc2cc(CCC(=O)O)c(OC)cc2[C@@H](C)N1. The first-order valence-corrected chi connectivity index (χ1v) is 10.6. The van der Waals surface area contributed by atoms with Crippen LogP contribution >= 0.6 is 11.8 Å². The number of fused-ring (bicyclic) bond motifs is 1. The molecule has 0 spiro atoms. The van der Waals surface area contributed by atoms with Crippen molar-refractivity contribution in [3.05, 3.63) is 23.3 Å². The van der Waals surface area contributed by atoms with Crippen LogP contribution in [0, 0.1) is 5.92 Å². The van der Waals surface area contributed by atoms with Gasteiger partial charge in [-0.1, -0.05) is 33.6 Å². The van der Waals surface area contributed by atoms with Crippen LogP contribution in [0.4, 0.5) is 0 Å². The first kappa shape index (κ1) is 21.1. The predicted octanol–water partition coefficient (Wildman–Crippen LogP) is 5.05. The Morgan fingerprint density at radius 3 is 2.77 bits per heavy atom. The lowest BCUT2D eigenvalue weighted by Gasteiger charge is -2.39. The van der Waals surface area contributed by atoms with E-state index in [4.69, 9.17) is 9.84 Å². The maximum atomic E-state index is 11.0. The average molecular weight is 380 g/mol. The molecule has 0 unspecified atom stereocenters. The number of methoxy groups -OCH3 is 1. The number of benzene rings is 1. The highest BCUT2D eigenvalue weighted by molar-refractivity contribution is 7.99. The summed E-state index contributed by atoms with van der Waals surface area (Å²) in [6.45, 7) is 9.09. The molecule has 2 N–H and O–H groups in total. The zero-order chi connectivity index (χ0) is 19.3. The van der Waals surface area contributed by atoms with E-state index >= 15 is 0 Å². The number of hydrogen-bond acceptors (Lipinski definition) is 4. The molecule has 4 nitrogen and oxygen atoms in total. The van der Waals surface area contributed by atoms with Gasteiger partial charge in [-0.2, -0.15) is 0 Å². The summed E-state index contributed by atoms with van der Waals surface area (Å²) in [6, 6.07) is 4.49. The topological polar surface area (TPSA) is 58.6 Å². The number of carbonyl (C=O) groups is 1. The van der Waals surface area contributed by atoms with Gasteiger partial charge in [0.25, 0.3) is 0 Å². The van der Waals surface area contributed by atoms with Crippen molar-refractivity contribution in [1.82, 2.24) is 5.32 Å². The minimum absolute atomic E-state index is 0.119. The molecule has 0 bridgehead atoms. The molecule has 0 amide bonds. The van der Waals surface area contributed by atoms with Gasteiger partial charge in [-0.15, -0.1) is 11.8 Å². The molecule has 146 valence electrons. The van der Waals surface area contributed by atoms with Crippen LogP contribution in [0.1, 0.15) is 70.5 Å². The summed E-state index contributed by atoms with van der Waals surface area (Å²) < 4.78 is 5.57. The Morgan fingerprint density at radius 1 is 1.46 bits per heavy atom. The number of nitrogens with one attached hydrogen (secondary N) is 1. The fourth-order valence-electron chi connectivity index (χ4n) is 3.72. The number of aliphatic carboxylic acids is 1. The molecule has 0 fully saturated rings. The van der Waals surface area contributed by atoms with Gasteiger partial charge in [-0.25, -0.2) is 0 Å². The van der Waals surface area contributed by atoms with E-state index in [1.165, 1.54) is 29.7 Å². The van der Waals surface area contributed by atoms with Crippen LogP contribution in [0.3, 0.4) is 0 Å². The third kappa shape index (κ3) is 4.74. The standard InChI is InChI=1S/C21H33NO3S/c1-6-7-10-21(14(2)3)13-26-19-11-16(8-9-20(23)24)18(25-5)12-17(19)15(4)22-21/h11-12,14-15,22H,6-10,13H2,1-5H3,(H,23,24)/t15-,21-/m1/s1. The number of aryl methyl sites for hydroxylation is 1. The van der Waals surface area contributed by atoms with Gasteiger partial charge in [0.2, 0.25) is 0 Å². The molecule has 0 radical (unpaired) electrons. The molecule has 1 aromatic rings. The molecule has 0 aliphatic carbocycles. The molecule has 0 saturated carbocycles. The van der Waals surface area contributed by atoms with Gasteiger partial charge in [-0.05, 0) is 48.9 Å². The van der Waals surface area contributed by atoms with Crippen LogP contribution < -0.4 is 10.1 Å². The number of ether oxygens (including phenoxy) is 1. The zero-order valence-electron chi connectivity index (χ0n) is 16.7. The van der Waals surface area contributed by atoms with Crippen molar-refractivity contribution in [3.8, 4) is 5.75 Å². The van der Waals surface area contributed by atoms with Gasteiger partial charge in [0.1, 0.15) is 5.75 Å². The van der Waals surface area contributed by atoms with E-state index in [9.17, 15) is 4.79 Å². The zero-order valence-corrected chi connectivity index (χ0v) is 17.5. The lowest BCUT2D eigenvalue weighted by atomic mass is 9.82. The summed E-state index contributed by atoms with van der Waals surface area (Å²) in [4.78, 5) is 12.2. The van der Waals surface area contributed by atoms with Crippen molar-refractivity contribution in [3.63, 3.8) is 0 Å².